The van der Waals surface area contributed by atoms with E-state index in [1.807, 2.05) is 32.9 Å². The van der Waals surface area contributed by atoms with Crippen LogP contribution in [0.25, 0.3) is 0 Å². The monoisotopic (exact) mass is 430 g/mol. The minimum Gasteiger partial charge on any atom is -0.493 e. The molecule has 2 aliphatic rings. The quantitative estimate of drug-likeness (QED) is 0.657. The Bertz CT molecular complexity index is 654. The number of hydrogen-bond acceptors (Lipinski definition) is 4. The van der Waals surface area contributed by atoms with Gasteiger partial charge in [0.25, 0.3) is 0 Å². The summed E-state index contributed by atoms with van der Waals surface area (Å²) in [6, 6.07) is 4.07. The molecule has 1 aromatic carbocycles. The second-order valence-electron chi connectivity index (χ2n) is 7.46. The molecule has 1 fully saturated rings. The van der Waals surface area contributed by atoms with Crippen LogP contribution in [0.15, 0.2) is 16.6 Å². The van der Waals surface area contributed by atoms with Crippen LogP contribution in [0, 0.1) is 0 Å². The minimum atomic E-state index is -0.460. The summed E-state index contributed by atoms with van der Waals surface area (Å²) in [7, 11) is 0. The highest BCUT2D eigenvalue weighted by molar-refractivity contribution is 9.10. The molecule has 0 spiro atoms. The molecule has 0 N–H and O–H groups in total. The van der Waals surface area contributed by atoms with Crippen LogP contribution in [0.1, 0.15) is 38.8 Å². The predicted molar refractivity (Wildman–Crippen MR) is 101 cm³/mol. The molecule has 1 atom stereocenters. The Kier molecular flexibility index (Phi) is 5.51. The first-order valence-electron chi connectivity index (χ1n) is 8.58. The summed E-state index contributed by atoms with van der Waals surface area (Å²) in [5, 5.41) is 0.668. The van der Waals surface area contributed by atoms with Crippen molar-refractivity contribution in [1.82, 2.24) is 9.80 Å². The van der Waals surface area contributed by atoms with Crippen molar-refractivity contribution in [3.63, 3.8) is 0 Å². The smallest absolute Gasteiger partial charge is 0.410 e. The number of fused-ring (bicyclic) bond motifs is 1. The van der Waals surface area contributed by atoms with Gasteiger partial charge in [0, 0.05) is 53.7 Å². The molecule has 0 aliphatic carbocycles. The Morgan fingerprint density at radius 2 is 1.96 bits per heavy atom. The Morgan fingerprint density at radius 3 is 2.60 bits per heavy atom. The highest BCUT2D eigenvalue weighted by Gasteiger charge is 2.33. The second-order valence-corrected chi connectivity index (χ2v) is 8.75. The number of benzene rings is 1. The van der Waals surface area contributed by atoms with Crippen molar-refractivity contribution < 1.29 is 14.3 Å². The van der Waals surface area contributed by atoms with Gasteiger partial charge in [-0.3, -0.25) is 4.90 Å². The van der Waals surface area contributed by atoms with Gasteiger partial charge >= 0.3 is 6.09 Å². The molecule has 0 aromatic heterocycles. The number of nitrogens with zero attached hydrogens (tertiary/aromatic N) is 2. The van der Waals surface area contributed by atoms with E-state index in [1.54, 1.807) is 4.90 Å². The largest absolute Gasteiger partial charge is 0.493 e. The van der Waals surface area contributed by atoms with Gasteiger partial charge in [0.1, 0.15) is 11.4 Å². The summed E-state index contributed by atoms with van der Waals surface area (Å²) < 4.78 is 12.2. The van der Waals surface area contributed by atoms with Gasteiger partial charge in [-0.2, -0.15) is 0 Å². The van der Waals surface area contributed by atoms with Gasteiger partial charge in [-0.15, -0.1) is 0 Å². The number of halogens is 2. The molecular formula is C18H24BrClN2O3. The van der Waals surface area contributed by atoms with Gasteiger partial charge in [-0.05, 0) is 32.9 Å². The summed E-state index contributed by atoms with van der Waals surface area (Å²) in [5.41, 5.74) is 0.694. The number of piperazine rings is 1. The first-order chi connectivity index (χ1) is 11.7. The fraction of sp³-hybridized carbons (Fsp3) is 0.611. The maximum atomic E-state index is 12.2. The van der Waals surface area contributed by atoms with Crippen LogP contribution in [0.5, 0.6) is 5.75 Å². The Morgan fingerprint density at radius 1 is 1.28 bits per heavy atom. The number of hydrogen-bond donors (Lipinski definition) is 0. The van der Waals surface area contributed by atoms with Crippen molar-refractivity contribution in [3.8, 4) is 5.75 Å². The lowest BCUT2D eigenvalue weighted by atomic mass is 9.98. The van der Waals surface area contributed by atoms with Gasteiger partial charge in [-0.25, -0.2) is 4.79 Å². The van der Waals surface area contributed by atoms with E-state index in [1.165, 1.54) is 0 Å². The van der Waals surface area contributed by atoms with Crippen molar-refractivity contribution >= 4 is 33.6 Å². The van der Waals surface area contributed by atoms with Crippen molar-refractivity contribution in [2.24, 2.45) is 0 Å². The maximum absolute atomic E-state index is 12.2. The third-order valence-corrected chi connectivity index (χ3v) is 5.32. The van der Waals surface area contributed by atoms with E-state index < -0.39 is 5.60 Å². The molecule has 1 saturated heterocycles. The zero-order valence-electron chi connectivity index (χ0n) is 14.8. The Hall–Kier alpha value is -0.980. The van der Waals surface area contributed by atoms with Crippen LogP contribution in [-0.4, -0.2) is 54.3 Å². The van der Waals surface area contributed by atoms with E-state index in [0.717, 1.165) is 35.3 Å². The van der Waals surface area contributed by atoms with Crippen LogP contribution in [0.2, 0.25) is 5.02 Å². The summed E-state index contributed by atoms with van der Waals surface area (Å²) in [5.74, 6) is 0.852. The molecule has 2 heterocycles. The standard InChI is InChI=1S/C18H24BrClN2O3/c1-18(2,3)25-17(23)22-7-5-21(6-8-22)14-4-9-24-15-11-12(20)10-13(19)16(14)15/h10-11,14H,4-9H2,1-3H3. The molecule has 0 radical (unpaired) electrons. The van der Waals surface area contributed by atoms with E-state index in [9.17, 15) is 4.79 Å². The minimum absolute atomic E-state index is 0.229. The van der Waals surface area contributed by atoms with Gasteiger partial charge in [0.15, 0.2) is 0 Å². The lowest BCUT2D eigenvalue weighted by Crippen LogP contribution is -2.51. The van der Waals surface area contributed by atoms with Gasteiger partial charge < -0.3 is 14.4 Å². The third-order valence-electron chi connectivity index (χ3n) is 4.45. The topological polar surface area (TPSA) is 42.0 Å². The van der Waals surface area contributed by atoms with E-state index in [4.69, 9.17) is 21.1 Å². The lowest BCUT2D eigenvalue weighted by Gasteiger charge is -2.41. The van der Waals surface area contributed by atoms with Gasteiger partial charge in [0.05, 0.1) is 6.61 Å². The zero-order chi connectivity index (χ0) is 18.2. The van der Waals surface area contributed by atoms with Crippen molar-refractivity contribution in [1.29, 1.82) is 0 Å². The molecular weight excluding hydrogens is 408 g/mol. The predicted octanol–water partition coefficient (Wildman–Crippen LogP) is 4.48. The van der Waals surface area contributed by atoms with E-state index >= 15 is 0 Å². The fourth-order valence-electron chi connectivity index (χ4n) is 3.34. The van der Waals surface area contributed by atoms with E-state index in [0.29, 0.717) is 24.7 Å². The molecule has 1 amide bonds. The molecule has 1 aromatic rings. The highest BCUT2D eigenvalue weighted by Crippen LogP contribution is 2.42. The van der Waals surface area contributed by atoms with Gasteiger partial charge in [-0.1, -0.05) is 27.5 Å². The Labute approximate surface area is 162 Å². The molecule has 138 valence electrons. The summed E-state index contributed by atoms with van der Waals surface area (Å²) in [6.07, 6.45) is 0.701. The summed E-state index contributed by atoms with van der Waals surface area (Å²) >= 11 is 9.77. The van der Waals surface area contributed by atoms with Crippen LogP contribution in [0.4, 0.5) is 4.79 Å². The first-order valence-corrected chi connectivity index (χ1v) is 9.75. The van der Waals surface area contributed by atoms with Crippen LogP contribution in [-0.2, 0) is 4.74 Å². The number of carbonyl (C=O) groups excluding carboxylic acids is 1. The molecule has 0 saturated carbocycles. The number of ether oxygens (including phenoxy) is 2. The van der Waals surface area contributed by atoms with E-state index in [-0.39, 0.29) is 12.1 Å². The molecule has 1 unspecified atom stereocenters. The SMILES string of the molecule is CC(C)(C)OC(=O)N1CCN(C2CCOc3cc(Cl)cc(Br)c32)CC1. The van der Waals surface area contributed by atoms with E-state index in [2.05, 4.69) is 20.8 Å². The lowest BCUT2D eigenvalue weighted by molar-refractivity contribution is 0.00772. The van der Waals surface area contributed by atoms with Crippen molar-refractivity contribution in [3.05, 3.63) is 27.2 Å². The van der Waals surface area contributed by atoms with Crippen LogP contribution < -0.4 is 4.74 Å². The normalized spacial score (nSPS) is 21.5. The molecule has 0 bridgehead atoms. The Balaban J connectivity index is 1.68. The highest BCUT2D eigenvalue weighted by atomic mass is 79.9. The van der Waals surface area contributed by atoms with Crippen molar-refractivity contribution in [2.45, 2.75) is 38.8 Å². The van der Waals surface area contributed by atoms with Crippen LogP contribution >= 0.6 is 27.5 Å². The molecule has 7 heteroatoms. The summed E-state index contributed by atoms with van der Waals surface area (Å²) in [6.45, 7) is 9.33. The number of rotatable bonds is 1. The fourth-order valence-corrected chi connectivity index (χ4v) is 4.38. The third kappa shape index (κ3) is 4.41. The number of carbonyl (C=O) groups is 1. The maximum Gasteiger partial charge on any atom is 0.410 e. The molecule has 2 aliphatic heterocycles. The average molecular weight is 432 g/mol. The molecule has 25 heavy (non-hydrogen) atoms. The molecule has 5 nitrogen and oxygen atoms in total. The number of amides is 1. The summed E-state index contributed by atoms with van der Waals surface area (Å²) in [4.78, 5) is 16.4. The first kappa shape index (κ1) is 18.8. The molecule has 3 rings (SSSR count). The second kappa shape index (κ2) is 7.33. The zero-order valence-corrected chi connectivity index (χ0v) is 17.2. The van der Waals surface area contributed by atoms with Gasteiger partial charge in [0.2, 0.25) is 0 Å². The van der Waals surface area contributed by atoms with Crippen molar-refractivity contribution in [2.75, 3.05) is 32.8 Å². The average Bonchev–Trinajstić information content (AvgIpc) is 2.52. The van der Waals surface area contributed by atoms with Crippen LogP contribution in [0.3, 0.4) is 0 Å².